The summed E-state index contributed by atoms with van der Waals surface area (Å²) in [5.74, 6) is 2.56. The normalized spacial score (nSPS) is 11.5. The number of aromatic nitrogens is 6. The average molecular weight is 499 g/mol. The lowest BCUT2D eigenvalue weighted by Crippen LogP contribution is -2.02. The molecule has 0 unspecified atom stereocenters. The number of rotatable bonds is 8. The van der Waals surface area contributed by atoms with E-state index in [9.17, 15) is 4.39 Å². The third-order valence-electron chi connectivity index (χ3n) is 4.93. The Labute approximate surface area is 201 Å². The van der Waals surface area contributed by atoms with E-state index in [4.69, 9.17) is 4.52 Å². The number of hydrogen-bond donors (Lipinski definition) is 0. The molecule has 0 amide bonds. The van der Waals surface area contributed by atoms with Gasteiger partial charge in [0, 0.05) is 12.1 Å². The SMILES string of the molecule is CCn1c(CSc2nc3ccccc3s2)nnc1SCc1nc(-c2ccc(C)c(F)c2)no1. The molecule has 0 spiro atoms. The van der Waals surface area contributed by atoms with E-state index < -0.39 is 0 Å². The number of thioether (sulfide) groups is 2. The van der Waals surface area contributed by atoms with Crippen LogP contribution in [0.2, 0.25) is 0 Å². The minimum atomic E-state index is -0.291. The van der Waals surface area contributed by atoms with Crippen molar-refractivity contribution in [2.45, 2.75) is 41.4 Å². The molecule has 33 heavy (non-hydrogen) atoms. The third-order valence-corrected chi connectivity index (χ3v) is 8.06. The second-order valence-corrected chi connectivity index (χ2v) is 10.3. The molecule has 0 aliphatic carbocycles. The molecule has 0 saturated heterocycles. The van der Waals surface area contributed by atoms with Crippen molar-refractivity contribution in [2.24, 2.45) is 0 Å². The maximum absolute atomic E-state index is 13.8. The van der Waals surface area contributed by atoms with Gasteiger partial charge in [0.15, 0.2) is 9.50 Å². The summed E-state index contributed by atoms with van der Waals surface area (Å²) >= 11 is 4.83. The summed E-state index contributed by atoms with van der Waals surface area (Å²) in [6.07, 6.45) is 0. The van der Waals surface area contributed by atoms with Crippen LogP contribution in [0.3, 0.4) is 0 Å². The van der Waals surface area contributed by atoms with Gasteiger partial charge in [0.05, 0.1) is 21.7 Å². The third kappa shape index (κ3) is 4.80. The molecule has 5 rings (SSSR count). The molecule has 0 fully saturated rings. The number of aryl methyl sites for hydroxylation is 1. The summed E-state index contributed by atoms with van der Waals surface area (Å²) in [5, 5.41) is 13.5. The number of nitrogens with zero attached hydrogens (tertiary/aromatic N) is 6. The van der Waals surface area contributed by atoms with Gasteiger partial charge >= 0.3 is 0 Å². The molecule has 3 heterocycles. The van der Waals surface area contributed by atoms with E-state index in [2.05, 4.69) is 42.9 Å². The number of halogens is 1. The second-order valence-electron chi connectivity index (χ2n) is 7.14. The summed E-state index contributed by atoms with van der Waals surface area (Å²) in [4.78, 5) is 9.06. The van der Waals surface area contributed by atoms with E-state index in [1.165, 1.54) is 22.5 Å². The van der Waals surface area contributed by atoms with Gasteiger partial charge in [-0.2, -0.15) is 4.98 Å². The van der Waals surface area contributed by atoms with E-state index in [0.29, 0.717) is 34.3 Å². The molecule has 168 valence electrons. The molecule has 0 saturated carbocycles. The molecule has 11 heteroatoms. The summed E-state index contributed by atoms with van der Waals surface area (Å²) < 4.78 is 23.5. The Morgan fingerprint density at radius 2 is 1.94 bits per heavy atom. The predicted octanol–water partition coefficient (Wildman–Crippen LogP) is 5.99. The van der Waals surface area contributed by atoms with Crippen molar-refractivity contribution >= 4 is 45.1 Å². The van der Waals surface area contributed by atoms with Gasteiger partial charge in [-0.25, -0.2) is 9.37 Å². The van der Waals surface area contributed by atoms with Gasteiger partial charge in [-0.3, -0.25) is 0 Å². The van der Waals surface area contributed by atoms with E-state index >= 15 is 0 Å². The van der Waals surface area contributed by atoms with Gasteiger partial charge in [-0.15, -0.1) is 21.5 Å². The van der Waals surface area contributed by atoms with Crippen LogP contribution < -0.4 is 0 Å². The van der Waals surface area contributed by atoms with Crippen LogP contribution in [-0.2, 0) is 18.1 Å². The van der Waals surface area contributed by atoms with Crippen molar-refractivity contribution in [1.82, 2.24) is 29.9 Å². The lowest BCUT2D eigenvalue weighted by Gasteiger charge is -2.05. The Morgan fingerprint density at radius 1 is 1.06 bits per heavy atom. The molecule has 5 aromatic rings. The average Bonchev–Trinajstić information content (AvgIpc) is 3.55. The van der Waals surface area contributed by atoms with Crippen LogP contribution in [0.5, 0.6) is 0 Å². The zero-order valence-corrected chi connectivity index (χ0v) is 20.3. The monoisotopic (exact) mass is 498 g/mol. The summed E-state index contributed by atoms with van der Waals surface area (Å²) in [7, 11) is 0. The van der Waals surface area contributed by atoms with Crippen LogP contribution >= 0.6 is 34.9 Å². The van der Waals surface area contributed by atoms with Crippen molar-refractivity contribution in [2.75, 3.05) is 0 Å². The fourth-order valence-corrected chi connectivity index (χ4v) is 6.04. The highest BCUT2D eigenvalue weighted by atomic mass is 32.2. The van der Waals surface area contributed by atoms with Crippen LogP contribution in [0.15, 0.2) is 56.5 Å². The summed E-state index contributed by atoms with van der Waals surface area (Å²) in [5.41, 5.74) is 2.18. The van der Waals surface area contributed by atoms with Crippen LogP contribution in [0.1, 0.15) is 24.2 Å². The number of benzene rings is 2. The van der Waals surface area contributed by atoms with Crippen LogP contribution in [0.4, 0.5) is 4.39 Å². The van der Waals surface area contributed by atoms with Gasteiger partial charge in [0.1, 0.15) is 11.6 Å². The maximum Gasteiger partial charge on any atom is 0.237 e. The highest BCUT2D eigenvalue weighted by molar-refractivity contribution is 8.00. The molecule has 0 bridgehead atoms. The van der Waals surface area contributed by atoms with Crippen LogP contribution in [0, 0.1) is 12.7 Å². The molecule has 7 nitrogen and oxygen atoms in total. The lowest BCUT2D eigenvalue weighted by molar-refractivity contribution is 0.391. The van der Waals surface area contributed by atoms with E-state index in [0.717, 1.165) is 27.4 Å². The molecule has 0 radical (unpaired) electrons. The predicted molar refractivity (Wildman–Crippen MR) is 129 cm³/mol. The zero-order valence-electron chi connectivity index (χ0n) is 17.9. The van der Waals surface area contributed by atoms with E-state index in [1.54, 1.807) is 42.2 Å². The first-order valence-corrected chi connectivity index (χ1v) is 13.0. The highest BCUT2D eigenvalue weighted by Gasteiger charge is 2.16. The lowest BCUT2D eigenvalue weighted by atomic mass is 10.1. The summed E-state index contributed by atoms with van der Waals surface area (Å²) in [6.45, 7) is 4.53. The van der Waals surface area contributed by atoms with E-state index in [-0.39, 0.29) is 5.82 Å². The van der Waals surface area contributed by atoms with E-state index in [1.807, 2.05) is 18.2 Å². The van der Waals surface area contributed by atoms with Gasteiger partial charge in [-0.1, -0.05) is 52.9 Å². The molecule has 0 N–H and O–H groups in total. The molecule has 0 aliphatic rings. The number of para-hydroxylation sites is 1. The topological polar surface area (TPSA) is 82.5 Å². The van der Waals surface area contributed by atoms with Crippen molar-refractivity contribution in [1.29, 1.82) is 0 Å². The Balaban J connectivity index is 1.24. The number of hydrogen-bond acceptors (Lipinski definition) is 9. The van der Waals surface area contributed by atoms with Crippen molar-refractivity contribution in [3.63, 3.8) is 0 Å². The Bertz CT molecular complexity index is 1380. The standard InChI is InChI=1S/C22H19FN6OS3/c1-3-29-18(11-32-22-24-16-6-4-5-7-17(16)33-22)26-27-21(29)31-12-19-25-20(28-30-19)14-9-8-13(2)15(23)10-14/h4-10H,3,11-12H2,1-2H3. The Morgan fingerprint density at radius 3 is 2.76 bits per heavy atom. The Kier molecular flexibility index (Phi) is 6.43. The number of fused-ring (bicyclic) bond motifs is 1. The molecule has 0 atom stereocenters. The first-order valence-electron chi connectivity index (χ1n) is 10.2. The van der Waals surface area contributed by atoms with Gasteiger partial charge in [0.25, 0.3) is 0 Å². The van der Waals surface area contributed by atoms with Crippen molar-refractivity contribution in [3.05, 3.63) is 65.6 Å². The Hall–Kier alpha value is -2.76. The largest absolute Gasteiger partial charge is 0.338 e. The summed E-state index contributed by atoms with van der Waals surface area (Å²) in [6, 6.07) is 13.0. The minimum absolute atomic E-state index is 0.291. The first kappa shape index (κ1) is 22.1. The first-order chi connectivity index (χ1) is 16.1. The maximum atomic E-state index is 13.8. The molecule has 3 aromatic heterocycles. The van der Waals surface area contributed by atoms with Crippen molar-refractivity contribution < 1.29 is 8.91 Å². The van der Waals surface area contributed by atoms with Crippen LogP contribution in [-0.4, -0.2) is 29.9 Å². The van der Waals surface area contributed by atoms with Gasteiger partial charge < -0.3 is 9.09 Å². The van der Waals surface area contributed by atoms with Crippen molar-refractivity contribution in [3.8, 4) is 11.4 Å². The smallest absolute Gasteiger partial charge is 0.237 e. The zero-order chi connectivity index (χ0) is 22.8. The highest BCUT2D eigenvalue weighted by Crippen LogP contribution is 2.32. The molecule has 0 aliphatic heterocycles. The quantitative estimate of drug-likeness (QED) is 0.241. The second kappa shape index (κ2) is 9.62. The molecular weight excluding hydrogens is 479 g/mol. The van der Waals surface area contributed by atoms with Gasteiger partial charge in [-0.05, 0) is 37.6 Å². The number of thiazole rings is 1. The van der Waals surface area contributed by atoms with Crippen LogP contribution in [0.25, 0.3) is 21.6 Å². The minimum Gasteiger partial charge on any atom is -0.338 e. The molecule has 2 aromatic carbocycles. The fourth-order valence-electron chi connectivity index (χ4n) is 3.18. The molecular formula is C22H19FN6OS3. The fraction of sp³-hybridized carbons (Fsp3) is 0.227. The van der Waals surface area contributed by atoms with Gasteiger partial charge in [0.2, 0.25) is 11.7 Å².